The van der Waals surface area contributed by atoms with Gasteiger partial charge < -0.3 is 10.1 Å². The van der Waals surface area contributed by atoms with E-state index in [-0.39, 0.29) is 0 Å². The Bertz CT molecular complexity index is 598. The average molecular weight is 304 g/mol. The van der Waals surface area contributed by atoms with Gasteiger partial charge in [-0.3, -0.25) is 0 Å². The van der Waals surface area contributed by atoms with Crippen molar-refractivity contribution in [3.63, 3.8) is 0 Å². The van der Waals surface area contributed by atoms with Crippen LogP contribution in [0.25, 0.3) is 0 Å². The summed E-state index contributed by atoms with van der Waals surface area (Å²) < 4.78 is 5.37. The quantitative estimate of drug-likeness (QED) is 0.855. The first-order valence-corrected chi connectivity index (χ1v) is 7.58. The molecule has 3 heteroatoms. The Balaban J connectivity index is 1.97. The molecule has 0 radical (unpaired) electrons. The lowest BCUT2D eigenvalue weighted by Gasteiger charge is -2.17. The zero-order valence-electron chi connectivity index (χ0n) is 12.8. The van der Waals surface area contributed by atoms with Crippen LogP contribution >= 0.6 is 11.6 Å². The highest BCUT2D eigenvalue weighted by Gasteiger charge is 2.08. The molecular weight excluding hydrogens is 282 g/mol. The Morgan fingerprint density at radius 3 is 2.62 bits per heavy atom. The fourth-order valence-corrected chi connectivity index (χ4v) is 2.61. The maximum absolute atomic E-state index is 6.06. The van der Waals surface area contributed by atoms with E-state index in [9.17, 15) is 0 Å². The molecular formula is C18H22ClNO. The highest BCUT2D eigenvalue weighted by Crippen LogP contribution is 2.22. The number of methoxy groups -OCH3 is 1. The Hall–Kier alpha value is -1.51. The minimum absolute atomic E-state index is 0.384. The first-order chi connectivity index (χ1) is 10.1. The normalized spacial score (nSPS) is 12.2. The molecule has 1 unspecified atom stereocenters. The van der Waals surface area contributed by atoms with Gasteiger partial charge in [0, 0.05) is 23.2 Å². The van der Waals surface area contributed by atoms with Crippen LogP contribution in [0.5, 0.6) is 5.75 Å². The van der Waals surface area contributed by atoms with Gasteiger partial charge in [0.25, 0.3) is 0 Å². The number of halogens is 1. The topological polar surface area (TPSA) is 21.3 Å². The van der Waals surface area contributed by atoms with Crippen molar-refractivity contribution in [3.05, 3.63) is 64.2 Å². The van der Waals surface area contributed by atoms with Gasteiger partial charge in [0.05, 0.1) is 7.11 Å². The van der Waals surface area contributed by atoms with E-state index in [4.69, 9.17) is 16.3 Å². The van der Waals surface area contributed by atoms with E-state index < -0.39 is 0 Å². The number of hydrogen-bond donors (Lipinski definition) is 1. The minimum Gasteiger partial charge on any atom is -0.496 e. The lowest BCUT2D eigenvalue weighted by Crippen LogP contribution is -2.28. The molecule has 21 heavy (non-hydrogen) atoms. The van der Waals surface area contributed by atoms with Gasteiger partial charge in [0.15, 0.2) is 0 Å². The molecule has 112 valence electrons. The number of hydrogen-bond acceptors (Lipinski definition) is 2. The Morgan fingerprint density at radius 1 is 1.14 bits per heavy atom. The maximum Gasteiger partial charge on any atom is 0.123 e. The van der Waals surface area contributed by atoms with E-state index in [2.05, 4.69) is 43.4 Å². The van der Waals surface area contributed by atoms with Crippen molar-refractivity contribution in [2.75, 3.05) is 7.11 Å². The van der Waals surface area contributed by atoms with Crippen LogP contribution in [0.3, 0.4) is 0 Å². The maximum atomic E-state index is 6.06. The average Bonchev–Trinajstić information content (AvgIpc) is 2.48. The summed E-state index contributed by atoms with van der Waals surface area (Å²) in [4.78, 5) is 0. The Labute approximate surface area is 132 Å². The highest BCUT2D eigenvalue weighted by molar-refractivity contribution is 6.30. The van der Waals surface area contributed by atoms with E-state index in [1.54, 1.807) is 7.11 Å². The Morgan fingerprint density at radius 2 is 1.90 bits per heavy atom. The van der Waals surface area contributed by atoms with Crippen molar-refractivity contribution in [3.8, 4) is 5.75 Å². The number of rotatable bonds is 6. The molecule has 0 spiro atoms. The standard InChI is InChI=1S/C18H22ClNO/c1-13-6-4-5-7-15(13)10-14(2)20-12-16-11-17(19)8-9-18(16)21-3/h4-9,11,14,20H,10,12H2,1-3H3. The summed E-state index contributed by atoms with van der Waals surface area (Å²) in [7, 11) is 1.68. The molecule has 0 bridgehead atoms. The predicted molar refractivity (Wildman–Crippen MR) is 89.2 cm³/mol. The molecule has 0 aliphatic heterocycles. The van der Waals surface area contributed by atoms with Crippen LogP contribution < -0.4 is 10.1 Å². The third-order valence-electron chi connectivity index (χ3n) is 3.67. The molecule has 1 atom stereocenters. The monoisotopic (exact) mass is 303 g/mol. The van der Waals surface area contributed by atoms with E-state index in [1.807, 2.05) is 18.2 Å². The summed E-state index contributed by atoms with van der Waals surface area (Å²) in [6.45, 7) is 5.10. The van der Waals surface area contributed by atoms with E-state index in [0.717, 1.165) is 29.3 Å². The van der Waals surface area contributed by atoms with Crippen molar-refractivity contribution in [2.45, 2.75) is 32.9 Å². The lowest BCUT2D eigenvalue weighted by molar-refractivity contribution is 0.405. The second-order valence-corrected chi connectivity index (χ2v) is 5.81. The van der Waals surface area contributed by atoms with Gasteiger partial charge in [0.1, 0.15) is 5.75 Å². The van der Waals surface area contributed by atoms with Crippen molar-refractivity contribution in [1.82, 2.24) is 5.32 Å². The van der Waals surface area contributed by atoms with E-state index in [1.165, 1.54) is 11.1 Å². The van der Waals surface area contributed by atoms with Gasteiger partial charge in [-0.2, -0.15) is 0 Å². The zero-order chi connectivity index (χ0) is 15.2. The number of aryl methyl sites for hydroxylation is 1. The Kier molecular flexibility index (Phi) is 5.66. The lowest BCUT2D eigenvalue weighted by atomic mass is 10.0. The summed E-state index contributed by atoms with van der Waals surface area (Å²) in [6, 6.07) is 14.6. The van der Waals surface area contributed by atoms with Gasteiger partial charge in [-0.15, -0.1) is 0 Å². The molecule has 0 saturated carbocycles. The summed E-state index contributed by atoms with van der Waals surface area (Å²) in [5, 5.41) is 4.27. The molecule has 1 N–H and O–H groups in total. The summed E-state index contributed by atoms with van der Waals surface area (Å²) >= 11 is 6.06. The summed E-state index contributed by atoms with van der Waals surface area (Å²) in [5.74, 6) is 0.870. The van der Waals surface area contributed by atoms with Crippen LogP contribution in [0.2, 0.25) is 5.02 Å². The van der Waals surface area contributed by atoms with Gasteiger partial charge in [-0.25, -0.2) is 0 Å². The molecule has 0 saturated heterocycles. The van der Waals surface area contributed by atoms with Gasteiger partial charge in [0.2, 0.25) is 0 Å². The summed E-state index contributed by atoms with van der Waals surface area (Å²) in [6.07, 6.45) is 1.01. The largest absolute Gasteiger partial charge is 0.496 e. The fourth-order valence-electron chi connectivity index (χ4n) is 2.41. The molecule has 2 aromatic rings. The molecule has 2 nitrogen and oxygen atoms in total. The van der Waals surface area contributed by atoms with Crippen molar-refractivity contribution >= 4 is 11.6 Å². The van der Waals surface area contributed by atoms with E-state index in [0.29, 0.717) is 6.04 Å². The zero-order valence-corrected chi connectivity index (χ0v) is 13.6. The summed E-state index contributed by atoms with van der Waals surface area (Å²) in [5.41, 5.74) is 3.81. The minimum atomic E-state index is 0.384. The molecule has 0 amide bonds. The van der Waals surface area contributed by atoms with Crippen molar-refractivity contribution in [1.29, 1.82) is 0 Å². The first-order valence-electron chi connectivity index (χ1n) is 7.20. The number of benzene rings is 2. The smallest absolute Gasteiger partial charge is 0.123 e. The van der Waals surface area contributed by atoms with Crippen LogP contribution in [0.1, 0.15) is 23.6 Å². The van der Waals surface area contributed by atoms with Crippen molar-refractivity contribution < 1.29 is 4.74 Å². The van der Waals surface area contributed by atoms with Crippen LogP contribution in [0.4, 0.5) is 0 Å². The third-order valence-corrected chi connectivity index (χ3v) is 3.91. The number of nitrogens with one attached hydrogen (secondary N) is 1. The van der Waals surface area contributed by atoms with Gasteiger partial charge >= 0.3 is 0 Å². The molecule has 2 rings (SSSR count). The molecule has 0 aliphatic carbocycles. The highest BCUT2D eigenvalue weighted by atomic mass is 35.5. The molecule has 0 fully saturated rings. The predicted octanol–water partition coefficient (Wildman–Crippen LogP) is 4.38. The van der Waals surface area contributed by atoms with Gasteiger partial charge in [-0.05, 0) is 49.6 Å². The van der Waals surface area contributed by atoms with Crippen LogP contribution in [0.15, 0.2) is 42.5 Å². The second kappa shape index (κ2) is 7.48. The molecule has 0 aliphatic rings. The van der Waals surface area contributed by atoms with Crippen molar-refractivity contribution in [2.24, 2.45) is 0 Å². The molecule has 0 heterocycles. The van der Waals surface area contributed by atoms with Crippen LogP contribution in [-0.4, -0.2) is 13.2 Å². The van der Waals surface area contributed by atoms with Crippen LogP contribution in [0, 0.1) is 6.92 Å². The second-order valence-electron chi connectivity index (χ2n) is 5.37. The fraction of sp³-hybridized carbons (Fsp3) is 0.333. The van der Waals surface area contributed by atoms with E-state index >= 15 is 0 Å². The first kappa shape index (κ1) is 15.9. The van der Waals surface area contributed by atoms with Gasteiger partial charge in [-0.1, -0.05) is 35.9 Å². The third kappa shape index (κ3) is 4.48. The SMILES string of the molecule is COc1ccc(Cl)cc1CNC(C)Cc1ccccc1C. The number of ether oxygens (including phenoxy) is 1. The molecule has 0 aromatic heterocycles. The van der Waals surface area contributed by atoms with Crippen LogP contribution in [-0.2, 0) is 13.0 Å². The molecule has 2 aromatic carbocycles.